The molecule has 0 fully saturated rings. The Kier molecular flexibility index (Phi) is 2.96. The van der Waals surface area contributed by atoms with E-state index >= 15 is 0 Å². The van der Waals surface area contributed by atoms with Crippen LogP contribution in [-0.4, -0.2) is 10.9 Å². The largest absolute Gasteiger partial charge is 0.397 e. The van der Waals surface area contributed by atoms with Crippen LogP contribution >= 0.6 is 22.7 Å². The van der Waals surface area contributed by atoms with Crippen molar-refractivity contribution in [2.45, 2.75) is 6.92 Å². The summed E-state index contributed by atoms with van der Waals surface area (Å²) in [6.45, 7) is 2.03. The highest BCUT2D eigenvalue weighted by Gasteiger charge is 2.13. The van der Waals surface area contributed by atoms with Crippen LogP contribution in [0.15, 0.2) is 29.6 Å². The van der Waals surface area contributed by atoms with Crippen molar-refractivity contribution in [3.05, 3.63) is 40.1 Å². The quantitative estimate of drug-likeness (QED) is 0.758. The van der Waals surface area contributed by atoms with E-state index in [9.17, 15) is 4.79 Å². The van der Waals surface area contributed by atoms with E-state index in [0.29, 0.717) is 15.7 Å². The smallest absolute Gasteiger partial charge is 0.269 e. The number of anilines is 2. The molecule has 0 unspecified atom stereocenters. The van der Waals surface area contributed by atoms with E-state index in [1.807, 2.05) is 19.1 Å². The Morgan fingerprint density at radius 2 is 2.21 bits per heavy atom. The predicted octanol–water partition coefficient (Wildman–Crippen LogP) is 3.50. The number of nitrogens with two attached hydrogens (primary N) is 1. The number of nitrogen functional groups attached to an aromatic ring is 1. The highest BCUT2D eigenvalue weighted by atomic mass is 32.1. The summed E-state index contributed by atoms with van der Waals surface area (Å²) in [5, 5.41) is 5.19. The summed E-state index contributed by atoms with van der Waals surface area (Å²) < 4.78 is 1.06. The van der Waals surface area contributed by atoms with E-state index in [4.69, 9.17) is 5.73 Å². The number of carbonyl (C=O) groups excluding carboxylic acids is 1. The lowest BCUT2D eigenvalue weighted by atomic mass is 10.2. The van der Waals surface area contributed by atoms with Crippen molar-refractivity contribution in [2.75, 3.05) is 11.1 Å². The minimum atomic E-state index is -0.205. The second-order valence-corrected chi connectivity index (χ2v) is 6.10. The summed E-state index contributed by atoms with van der Waals surface area (Å²) in [6, 6.07) is 7.74. The van der Waals surface area contributed by atoms with Gasteiger partial charge in [0.15, 0.2) is 5.13 Å². The van der Waals surface area contributed by atoms with Crippen LogP contribution in [0.25, 0.3) is 10.2 Å². The van der Waals surface area contributed by atoms with Gasteiger partial charge in [-0.3, -0.25) is 10.1 Å². The maximum atomic E-state index is 12.0. The number of nitrogens with zero attached hydrogens (tertiary/aromatic N) is 1. The van der Waals surface area contributed by atoms with Crippen LogP contribution in [0.4, 0.5) is 10.8 Å². The first kappa shape index (κ1) is 12.1. The fraction of sp³-hybridized carbons (Fsp3) is 0.0769. The first-order valence-electron chi connectivity index (χ1n) is 5.65. The van der Waals surface area contributed by atoms with Crippen molar-refractivity contribution in [3.8, 4) is 0 Å². The van der Waals surface area contributed by atoms with Gasteiger partial charge in [-0.2, -0.15) is 0 Å². The van der Waals surface area contributed by atoms with Crippen LogP contribution in [-0.2, 0) is 0 Å². The fourth-order valence-electron chi connectivity index (χ4n) is 1.74. The maximum Gasteiger partial charge on any atom is 0.269 e. The first-order valence-corrected chi connectivity index (χ1v) is 7.34. The van der Waals surface area contributed by atoms with Crippen LogP contribution in [0.3, 0.4) is 0 Å². The van der Waals surface area contributed by atoms with Gasteiger partial charge in [0.1, 0.15) is 4.88 Å². The standard InChI is InChI=1S/C13H11N3OS2/c1-7-2-3-9-10(6-7)19-13(15-9)16-12(17)11-8(14)4-5-18-11/h2-6H,14H2,1H3,(H,15,16,17). The lowest BCUT2D eigenvalue weighted by molar-refractivity contribution is 0.103. The SMILES string of the molecule is Cc1ccc2nc(NC(=O)c3sccc3N)sc2c1. The zero-order chi connectivity index (χ0) is 13.4. The molecule has 0 aliphatic heterocycles. The number of aryl methyl sites for hydroxylation is 1. The Morgan fingerprint density at radius 1 is 1.37 bits per heavy atom. The molecule has 0 bridgehead atoms. The van der Waals surface area contributed by atoms with E-state index in [2.05, 4.69) is 16.4 Å². The Bertz CT molecular complexity index is 760. The van der Waals surface area contributed by atoms with E-state index in [-0.39, 0.29) is 5.91 Å². The molecule has 4 nitrogen and oxygen atoms in total. The molecule has 6 heteroatoms. The molecule has 0 aliphatic carbocycles. The number of aromatic nitrogens is 1. The maximum absolute atomic E-state index is 12.0. The molecule has 0 saturated heterocycles. The minimum Gasteiger partial charge on any atom is -0.397 e. The van der Waals surface area contributed by atoms with Gasteiger partial charge in [0.2, 0.25) is 0 Å². The van der Waals surface area contributed by atoms with Gasteiger partial charge in [-0.25, -0.2) is 4.98 Å². The number of thiazole rings is 1. The monoisotopic (exact) mass is 289 g/mol. The average molecular weight is 289 g/mol. The summed E-state index contributed by atoms with van der Waals surface area (Å²) in [4.78, 5) is 16.9. The zero-order valence-corrected chi connectivity index (χ0v) is 11.8. The number of rotatable bonds is 2. The molecule has 2 aromatic heterocycles. The van der Waals surface area contributed by atoms with Crippen molar-refractivity contribution in [1.82, 2.24) is 4.98 Å². The van der Waals surface area contributed by atoms with Gasteiger partial charge in [0.25, 0.3) is 5.91 Å². The van der Waals surface area contributed by atoms with Gasteiger partial charge >= 0.3 is 0 Å². The Morgan fingerprint density at radius 3 is 2.95 bits per heavy atom. The van der Waals surface area contributed by atoms with Gasteiger partial charge in [-0.1, -0.05) is 17.4 Å². The second-order valence-electron chi connectivity index (χ2n) is 4.15. The molecule has 0 aliphatic rings. The summed E-state index contributed by atoms with van der Waals surface area (Å²) in [7, 11) is 0. The molecule has 96 valence electrons. The molecule has 0 spiro atoms. The molecule has 1 amide bonds. The van der Waals surface area contributed by atoms with Crippen molar-refractivity contribution in [3.63, 3.8) is 0 Å². The minimum absolute atomic E-state index is 0.205. The molecule has 3 rings (SSSR count). The molecular formula is C13H11N3OS2. The number of hydrogen-bond donors (Lipinski definition) is 2. The summed E-state index contributed by atoms with van der Waals surface area (Å²) in [6.07, 6.45) is 0. The van der Waals surface area contributed by atoms with Gasteiger partial charge in [-0.15, -0.1) is 11.3 Å². The van der Waals surface area contributed by atoms with Crippen molar-refractivity contribution >= 4 is 49.6 Å². The number of thiophene rings is 1. The summed E-state index contributed by atoms with van der Waals surface area (Å²) in [5.74, 6) is -0.205. The van der Waals surface area contributed by atoms with Crippen LogP contribution in [0.5, 0.6) is 0 Å². The number of hydrogen-bond acceptors (Lipinski definition) is 5. The third-order valence-electron chi connectivity index (χ3n) is 2.67. The zero-order valence-electron chi connectivity index (χ0n) is 10.1. The number of amides is 1. The van der Waals surface area contributed by atoms with E-state index < -0.39 is 0 Å². The topological polar surface area (TPSA) is 68.0 Å². The number of benzene rings is 1. The summed E-state index contributed by atoms with van der Waals surface area (Å²) in [5.41, 5.74) is 8.29. The molecular weight excluding hydrogens is 278 g/mol. The van der Waals surface area contributed by atoms with E-state index in [0.717, 1.165) is 10.2 Å². The molecule has 19 heavy (non-hydrogen) atoms. The van der Waals surface area contributed by atoms with Crippen LogP contribution in [0.1, 0.15) is 15.2 Å². The molecule has 3 aromatic rings. The molecule has 1 aromatic carbocycles. The van der Waals surface area contributed by atoms with Crippen LogP contribution < -0.4 is 11.1 Å². The normalized spacial score (nSPS) is 10.8. The van der Waals surface area contributed by atoms with Crippen molar-refractivity contribution < 1.29 is 4.79 Å². The lowest BCUT2D eigenvalue weighted by Gasteiger charge is -1.99. The fourth-order valence-corrected chi connectivity index (χ4v) is 3.41. The Hall–Kier alpha value is -1.92. The van der Waals surface area contributed by atoms with Crippen molar-refractivity contribution in [2.24, 2.45) is 0 Å². The molecule has 2 heterocycles. The summed E-state index contributed by atoms with van der Waals surface area (Å²) >= 11 is 2.79. The van der Waals surface area contributed by atoms with Gasteiger partial charge in [0, 0.05) is 0 Å². The first-order chi connectivity index (χ1) is 9.13. The third kappa shape index (κ3) is 2.32. The highest BCUT2D eigenvalue weighted by molar-refractivity contribution is 7.22. The predicted molar refractivity (Wildman–Crippen MR) is 81.0 cm³/mol. The van der Waals surface area contributed by atoms with Crippen molar-refractivity contribution in [1.29, 1.82) is 0 Å². The second kappa shape index (κ2) is 4.64. The van der Waals surface area contributed by atoms with Crippen LogP contribution in [0, 0.1) is 6.92 Å². The number of fused-ring (bicyclic) bond motifs is 1. The van der Waals surface area contributed by atoms with E-state index in [1.54, 1.807) is 11.4 Å². The number of carbonyl (C=O) groups is 1. The van der Waals surface area contributed by atoms with Crippen LogP contribution in [0.2, 0.25) is 0 Å². The number of nitrogens with one attached hydrogen (secondary N) is 1. The van der Waals surface area contributed by atoms with Gasteiger partial charge in [0.05, 0.1) is 15.9 Å². The Balaban J connectivity index is 1.89. The third-order valence-corrected chi connectivity index (χ3v) is 4.53. The lowest BCUT2D eigenvalue weighted by Crippen LogP contribution is -2.11. The molecule has 0 saturated carbocycles. The molecule has 0 radical (unpaired) electrons. The average Bonchev–Trinajstić information content (AvgIpc) is 2.94. The van der Waals surface area contributed by atoms with E-state index in [1.165, 1.54) is 28.2 Å². The molecule has 0 atom stereocenters. The Labute approximate surface area is 117 Å². The highest BCUT2D eigenvalue weighted by Crippen LogP contribution is 2.28. The van der Waals surface area contributed by atoms with Gasteiger partial charge < -0.3 is 5.73 Å². The van der Waals surface area contributed by atoms with Gasteiger partial charge in [-0.05, 0) is 36.1 Å². The molecule has 3 N–H and O–H groups in total.